The molecule has 12 heteroatoms. The van der Waals surface area contributed by atoms with Crippen LogP contribution in [0.2, 0.25) is 0 Å². The van der Waals surface area contributed by atoms with Crippen molar-refractivity contribution in [1.82, 2.24) is 25.8 Å². The van der Waals surface area contributed by atoms with Crippen molar-refractivity contribution in [1.29, 1.82) is 0 Å². The maximum atomic E-state index is 14.8. The molecule has 0 aromatic rings. The molecule has 0 aromatic heterocycles. The molecule has 55 heavy (non-hydrogen) atoms. The van der Waals surface area contributed by atoms with Crippen LogP contribution < -0.4 is 16.0 Å². The van der Waals surface area contributed by atoms with Gasteiger partial charge < -0.3 is 20.9 Å². The summed E-state index contributed by atoms with van der Waals surface area (Å²) in [4.78, 5) is 98.8. The molecule has 1 spiro atoms. The third-order valence-corrected chi connectivity index (χ3v) is 13.8. The fourth-order valence-corrected chi connectivity index (χ4v) is 10.1. The number of ketones is 2. The number of hydrogen-bond acceptors (Lipinski definition) is 7. The number of nitrogens with zero attached hydrogens (tertiary/aromatic N) is 2. The summed E-state index contributed by atoms with van der Waals surface area (Å²) in [6.07, 6.45) is 12.7. The number of nitrogens with one attached hydrogen (secondary N) is 3. The largest absolute Gasteiger partial charge is 0.344 e. The van der Waals surface area contributed by atoms with E-state index in [2.05, 4.69) is 36.4 Å². The SMILES string of the molecule is C=CCCC(=O)C(=O)C(CCCC)NC(=O)[C@@H]1[C@@H]2[C@H](CN1C(=O)[C@@H](NC(=O)N[C@H](CN1C(=O)CC3(CCCC3)CC1=O)C(C)(C)C)C1CCCCC1)C2(C)C. The first-order chi connectivity index (χ1) is 25.9. The Morgan fingerprint density at radius 1 is 0.927 bits per heavy atom. The Hall–Kier alpha value is -3.57. The average molecular weight is 766 g/mol. The summed E-state index contributed by atoms with van der Waals surface area (Å²) in [7, 11) is 0. The molecule has 2 heterocycles. The van der Waals surface area contributed by atoms with Gasteiger partial charge in [-0.2, -0.15) is 0 Å². The van der Waals surface area contributed by atoms with Crippen LogP contribution in [-0.2, 0) is 28.8 Å². The van der Waals surface area contributed by atoms with E-state index in [1.165, 1.54) is 4.90 Å². The monoisotopic (exact) mass is 766 g/mol. The van der Waals surface area contributed by atoms with Gasteiger partial charge in [0.1, 0.15) is 12.1 Å². The van der Waals surface area contributed by atoms with Crippen LogP contribution in [0.5, 0.6) is 0 Å². The molecule has 0 bridgehead atoms. The summed E-state index contributed by atoms with van der Waals surface area (Å²) < 4.78 is 0. The summed E-state index contributed by atoms with van der Waals surface area (Å²) in [5, 5.41) is 8.98. The third-order valence-electron chi connectivity index (χ3n) is 13.8. The Labute approximate surface area is 328 Å². The molecule has 2 saturated heterocycles. The Morgan fingerprint density at radius 3 is 2.15 bits per heavy atom. The van der Waals surface area contributed by atoms with Crippen LogP contribution in [0.25, 0.3) is 0 Å². The van der Waals surface area contributed by atoms with Crippen LogP contribution in [0.1, 0.15) is 144 Å². The second-order valence-electron chi connectivity index (χ2n) is 19.1. The predicted octanol–water partition coefficient (Wildman–Crippen LogP) is 5.62. The average Bonchev–Trinajstić information content (AvgIpc) is 3.49. The zero-order chi connectivity index (χ0) is 40.3. The smallest absolute Gasteiger partial charge is 0.315 e. The second-order valence-corrected chi connectivity index (χ2v) is 19.1. The number of amides is 6. The van der Waals surface area contributed by atoms with Gasteiger partial charge in [-0.25, -0.2) is 4.79 Å². The van der Waals surface area contributed by atoms with Gasteiger partial charge >= 0.3 is 6.03 Å². The topological polar surface area (TPSA) is 162 Å². The van der Waals surface area contributed by atoms with E-state index in [9.17, 15) is 33.6 Å². The molecule has 12 nitrogen and oxygen atoms in total. The van der Waals surface area contributed by atoms with Crippen molar-refractivity contribution in [3.63, 3.8) is 0 Å². The fourth-order valence-electron chi connectivity index (χ4n) is 10.1. The van der Waals surface area contributed by atoms with Gasteiger partial charge in [0.15, 0.2) is 0 Å². The third kappa shape index (κ3) is 9.53. The van der Waals surface area contributed by atoms with Gasteiger partial charge in [0, 0.05) is 32.4 Å². The van der Waals surface area contributed by atoms with Crippen molar-refractivity contribution in [3.05, 3.63) is 12.7 Å². The molecule has 3 aliphatic carbocycles. The van der Waals surface area contributed by atoms with Crippen LogP contribution in [-0.4, -0.2) is 88.3 Å². The molecule has 0 aromatic carbocycles. The van der Waals surface area contributed by atoms with Crippen LogP contribution in [0.3, 0.4) is 0 Å². The summed E-state index contributed by atoms with van der Waals surface area (Å²) in [6, 6.07) is -3.84. The van der Waals surface area contributed by atoms with Gasteiger partial charge in [-0.15, -0.1) is 6.58 Å². The zero-order valence-corrected chi connectivity index (χ0v) is 34.3. The lowest BCUT2D eigenvalue weighted by Crippen LogP contribution is -2.62. The number of fused-ring (bicyclic) bond motifs is 1. The first kappa shape index (κ1) is 42.6. The molecule has 0 radical (unpaired) electrons. The van der Waals surface area contributed by atoms with E-state index in [0.29, 0.717) is 38.6 Å². The van der Waals surface area contributed by atoms with Crippen molar-refractivity contribution >= 4 is 41.2 Å². The second kappa shape index (κ2) is 17.3. The Balaban J connectivity index is 1.33. The fraction of sp³-hybridized carbons (Fsp3) is 0.791. The van der Waals surface area contributed by atoms with Crippen LogP contribution in [0.15, 0.2) is 12.7 Å². The van der Waals surface area contributed by atoms with Crippen molar-refractivity contribution in [3.8, 4) is 0 Å². The normalized spacial score (nSPS) is 26.2. The highest BCUT2D eigenvalue weighted by Crippen LogP contribution is 2.65. The first-order valence-corrected chi connectivity index (χ1v) is 21.1. The van der Waals surface area contributed by atoms with Crippen LogP contribution in [0.4, 0.5) is 4.79 Å². The van der Waals surface area contributed by atoms with E-state index >= 15 is 0 Å². The number of rotatable bonds is 16. The molecule has 3 N–H and O–H groups in total. The van der Waals surface area contributed by atoms with Crippen molar-refractivity contribution in [2.45, 2.75) is 168 Å². The van der Waals surface area contributed by atoms with E-state index in [0.717, 1.165) is 64.2 Å². The molecule has 6 atom stereocenters. The predicted molar refractivity (Wildman–Crippen MR) is 209 cm³/mol. The number of imide groups is 1. The number of likely N-dealkylation sites (tertiary alicyclic amines) is 2. The minimum absolute atomic E-state index is 0.0326. The highest BCUT2D eigenvalue weighted by molar-refractivity contribution is 6.39. The number of urea groups is 1. The van der Waals surface area contributed by atoms with E-state index in [4.69, 9.17) is 0 Å². The number of carbonyl (C=O) groups is 7. The molecule has 5 rings (SSSR count). The lowest BCUT2D eigenvalue weighted by Gasteiger charge is -2.41. The van der Waals surface area contributed by atoms with Gasteiger partial charge in [-0.05, 0) is 72.5 Å². The van der Waals surface area contributed by atoms with Crippen LogP contribution in [0, 0.1) is 34.0 Å². The number of carbonyl (C=O) groups excluding carboxylic acids is 7. The minimum atomic E-state index is -0.975. The highest BCUT2D eigenvalue weighted by atomic mass is 16.2. The van der Waals surface area contributed by atoms with Gasteiger partial charge in [0.05, 0.1) is 12.1 Å². The highest BCUT2D eigenvalue weighted by Gasteiger charge is 2.69. The maximum Gasteiger partial charge on any atom is 0.315 e. The van der Waals surface area contributed by atoms with E-state index in [1.807, 2.05) is 27.7 Å². The standard InChI is InChI=1S/C43H67N5O7/c1-8-10-19-29(37(52)30(49)20-11-9-2)44-38(53)36-34-28(42(34,6)7)25-48(36)39(54)35(27-17-13-12-14-18-27)46-40(55)45-31(41(3,4)5)26-47-32(50)23-43(24-33(47)51)21-15-16-22-43/h9,27-29,31,34-36H,2,8,10-26H2,1,3-7H3,(H,44,53)(H2,45,46,55)/t28-,29?,31+,34-,35-,36-/m0/s1. The van der Waals surface area contributed by atoms with Gasteiger partial charge in [0.25, 0.3) is 0 Å². The van der Waals surface area contributed by atoms with E-state index < -0.39 is 53.1 Å². The number of unbranched alkanes of at least 4 members (excludes halogenated alkanes) is 1. The van der Waals surface area contributed by atoms with Crippen LogP contribution >= 0.6 is 0 Å². The minimum Gasteiger partial charge on any atom is -0.344 e. The first-order valence-electron chi connectivity index (χ1n) is 21.1. The number of piperidine rings is 2. The zero-order valence-electron chi connectivity index (χ0n) is 34.3. The maximum absolute atomic E-state index is 14.8. The van der Waals surface area contributed by atoms with Crippen molar-refractivity contribution < 1.29 is 33.6 Å². The molecule has 306 valence electrons. The molecular weight excluding hydrogens is 699 g/mol. The van der Waals surface area contributed by atoms with Gasteiger partial charge in [0.2, 0.25) is 35.2 Å². The van der Waals surface area contributed by atoms with E-state index in [-0.39, 0.29) is 59.3 Å². The molecule has 6 amide bonds. The van der Waals surface area contributed by atoms with Crippen molar-refractivity contribution in [2.24, 2.45) is 34.0 Å². The number of Topliss-reactive ketones (excluding diaryl/α,β-unsaturated/α-hetero) is 2. The van der Waals surface area contributed by atoms with Gasteiger partial charge in [-0.1, -0.05) is 92.6 Å². The lowest BCUT2D eigenvalue weighted by molar-refractivity contribution is -0.154. The molecule has 5 aliphatic rings. The molecule has 3 saturated carbocycles. The molecular formula is C43H67N5O7. The van der Waals surface area contributed by atoms with Gasteiger partial charge in [-0.3, -0.25) is 33.7 Å². The van der Waals surface area contributed by atoms with E-state index in [1.54, 1.807) is 11.0 Å². The molecule has 2 aliphatic heterocycles. The molecule has 5 fully saturated rings. The Bertz CT molecular complexity index is 1480. The summed E-state index contributed by atoms with van der Waals surface area (Å²) in [5.74, 6) is -2.48. The van der Waals surface area contributed by atoms with Crippen molar-refractivity contribution in [2.75, 3.05) is 13.1 Å². The summed E-state index contributed by atoms with van der Waals surface area (Å²) >= 11 is 0. The Morgan fingerprint density at radius 2 is 1.56 bits per heavy atom. The summed E-state index contributed by atoms with van der Waals surface area (Å²) in [6.45, 7) is 16.1. The summed E-state index contributed by atoms with van der Waals surface area (Å²) in [5.41, 5.74) is -0.933. The Kier molecular flexibility index (Phi) is 13.4. The molecule has 1 unspecified atom stereocenters. The number of hydrogen-bond donors (Lipinski definition) is 3. The quantitative estimate of drug-likeness (QED) is 0.104. The lowest BCUT2D eigenvalue weighted by atomic mass is 9.76. The number of allylic oxidation sites excluding steroid dienone is 1.